The van der Waals surface area contributed by atoms with Gasteiger partial charge in [0.2, 0.25) is 0 Å². The molecule has 0 aliphatic heterocycles. The Bertz CT molecular complexity index is 200. The van der Waals surface area contributed by atoms with Crippen LogP contribution in [0.15, 0.2) is 24.3 Å². The van der Waals surface area contributed by atoms with Crippen LogP contribution in [0.1, 0.15) is 32.6 Å². The molecule has 0 aromatic heterocycles. The van der Waals surface area contributed by atoms with E-state index in [9.17, 15) is 0 Å². The third-order valence-corrected chi connectivity index (χ3v) is 3.21. The average Bonchev–Trinajstić information content (AvgIpc) is 2.03. The maximum absolute atomic E-state index is 2.44. The third kappa shape index (κ3) is 1.15. The van der Waals surface area contributed by atoms with Gasteiger partial charge in [0.25, 0.3) is 0 Å². The highest BCUT2D eigenvalue weighted by Crippen LogP contribution is 2.43. The molecule has 0 spiro atoms. The van der Waals surface area contributed by atoms with Crippen molar-refractivity contribution in [1.82, 2.24) is 0 Å². The molecule has 0 nitrogen and oxygen atoms in total. The Morgan fingerprint density at radius 2 is 2.18 bits per heavy atom. The Morgan fingerprint density at radius 1 is 1.27 bits per heavy atom. The molecule has 2 unspecified atom stereocenters. The highest BCUT2D eigenvalue weighted by molar-refractivity contribution is 5.14. The van der Waals surface area contributed by atoms with E-state index in [2.05, 4.69) is 31.2 Å². The van der Waals surface area contributed by atoms with E-state index in [1.807, 2.05) is 0 Å². The van der Waals surface area contributed by atoms with E-state index in [-0.39, 0.29) is 0 Å². The molecule has 0 saturated carbocycles. The first-order chi connectivity index (χ1) is 5.31. The van der Waals surface area contributed by atoms with Gasteiger partial charge in [-0.1, -0.05) is 31.2 Å². The maximum Gasteiger partial charge on any atom is -0.00807 e. The fourth-order valence-corrected chi connectivity index (χ4v) is 2.32. The Kier molecular flexibility index (Phi) is 1.63. The summed E-state index contributed by atoms with van der Waals surface area (Å²) >= 11 is 0. The van der Waals surface area contributed by atoms with Gasteiger partial charge in [0.1, 0.15) is 0 Å². The number of hydrogen-bond acceptors (Lipinski definition) is 0. The number of fused-ring (bicyclic) bond motifs is 1. The lowest BCUT2D eigenvalue weighted by Gasteiger charge is -2.38. The minimum absolute atomic E-state index is 0.507. The molecule has 0 N–H and O–H groups in total. The van der Waals surface area contributed by atoms with E-state index in [1.165, 1.54) is 25.7 Å². The summed E-state index contributed by atoms with van der Waals surface area (Å²) in [5.41, 5.74) is 0.507. The van der Waals surface area contributed by atoms with E-state index < -0.39 is 0 Å². The monoisotopic (exact) mass is 148 g/mol. The molecule has 2 aliphatic rings. The predicted molar refractivity (Wildman–Crippen MR) is 48.3 cm³/mol. The van der Waals surface area contributed by atoms with Gasteiger partial charge in [0.05, 0.1) is 0 Å². The summed E-state index contributed by atoms with van der Waals surface area (Å²) in [6.45, 7) is 2.40. The van der Waals surface area contributed by atoms with Crippen LogP contribution < -0.4 is 0 Å². The number of rotatable bonds is 0. The molecule has 0 aromatic rings. The lowest BCUT2D eigenvalue weighted by molar-refractivity contribution is 0.248. The Labute approximate surface area is 69.0 Å². The second kappa shape index (κ2) is 2.51. The molecule has 0 radical (unpaired) electrons. The van der Waals surface area contributed by atoms with Gasteiger partial charge in [-0.3, -0.25) is 0 Å². The van der Waals surface area contributed by atoms with Crippen molar-refractivity contribution in [1.29, 1.82) is 0 Å². The zero-order valence-electron chi connectivity index (χ0n) is 7.22. The topological polar surface area (TPSA) is 0 Å². The minimum atomic E-state index is 0.507. The zero-order chi connectivity index (χ0) is 7.73. The molecule has 2 aliphatic carbocycles. The summed E-state index contributed by atoms with van der Waals surface area (Å²) in [4.78, 5) is 0. The molecular weight excluding hydrogens is 132 g/mol. The molecule has 0 heteroatoms. The molecule has 0 fully saturated rings. The van der Waals surface area contributed by atoms with Crippen molar-refractivity contribution >= 4 is 0 Å². The second-order valence-corrected chi connectivity index (χ2v) is 4.06. The minimum Gasteiger partial charge on any atom is -0.0882 e. The number of hydrogen-bond donors (Lipinski definition) is 0. The van der Waals surface area contributed by atoms with E-state index in [0.717, 1.165) is 5.92 Å². The highest BCUT2D eigenvalue weighted by atomic mass is 14.4. The normalized spacial score (nSPS) is 42.1. The van der Waals surface area contributed by atoms with Crippen LogP contribution in [0.3, 0.4) is 0 Å². The van der Waals surface area contributed by atoms with Gasteiger partial charge in [-0.15, -0.1) is 0 Å². The molecule has 2 rings (SSSR count). The van der Waals surface area contributed by atoms with Crippen LogP contribution in [0, 0.1) is 11.3 Å². The van der Waals surface area contributed by atoms with E-state index in [0.29, 0.717) is 5.41 Å². The fraction of sp³-hybridized carbons (Fsp3) is 0.636. The van der Waals surface area contributed by atoms with Gasteiger partial charge < -0.3 is 0 Å². The van der Waals surface area contributed by atoms with Crippen LogP contribution in [-0.4, -0.2) is 0 Å². The Hall–Kier alpha value is -0.520. The summed E-state index contributed by atoms with van der Waals surface area (Å²) in [7, 11) is 0. The average molecular weight is 148 g/mol. The van der Waals surface area contributed by atoms with E-state index >= 15 is 0 Å². The molecule has 2 atom stereocenters. The predicted octanol–water partition coefficient (Wildman–Crippen LogP) is 3.31. The maximum atomic E-state index is 2.44. The van der Waals surface area contributed by atoms with Crippen LogP contribution in [0.4, 0.5) is 0 Å². The lowest BCUT2D eigenvalue weighted by Crippen LogP contribution is -2.28. The summed E-state index contributed by atoms with van der Waals surface area (Å²) in [6, 6.07) is 0. The molecule has 0 heterocycles. The van der Waals surface area contributed by atoms with Crippen molar-refractivity contribution in [2.24, 2.45) is 11.3 Å². The van der Waals surface area contributed by atoms with E-state index in [4.69, 9.17) is 0 Å². The fourth-order valence-electron chi connectivity index (χ4n) is 2.32. The third-order valence-electron chi connectivity index (χ3n) is 3.21. The van der Waals surface area contributed by atoms with Crippen LogP contribution in [0.25, 0.3) is 0 Å². The first kappa shape index (κ1) is 7.15. The van der Waals surface area contributed by atoms with Gasteiger partial charge in [0, 0.05) is 0 Å². The van der Waals surface area contributed by atoms with Crippen molar-refractivity contribution < 1.29 is 0 Å². The summed E-state index contributed by atoms with van der Waals surface area (Å²) < 4.78 is 0. The van der Waals surface area contributed by atoms with Gasteiger partial charge in [-0.25, -0.2) is 0 Å². The van der Waals surface area contributed by atoms with Gasteiger partial charge in [0.15, 0.2) is 0 Å². The highest BCUT2D eigenvalue weighted by Gasteiger charge is 2.32. The van der Waals surface area contributed by atoms with Crippen LogP contribution >= 0.6 is 0 Å². The first-order valence-electron chi connectivity index (χ1n) is 4.66. The molecule has 0 aromatic carbocycles. The largest absolute Gasteiger partial charge is 0.0882 e. The molecular formula is C11H16. The van der Waals surface area contributed by atoms with Crippen molar-refractivity contribution in [2.75, 3.05) is 0 Å². The molecule has 0 amide bonds. The smallest absolute Gasteiger partial charge is 0.00807 e. The number of allylic oxidation sites excluding steroid dienone is 4. The van der Waals surface area contributed by atoms with Crippen LogP contribution in [0.2, 0.25) is 0 Å². The Balaban J connectivity index is 2.27. The van der Waals surface area contributed by atoms with Crippen molar-refractivity contribution in [3.63, 3.8) is 0 Å². The van der Waals surface area contributed by atoms with Crippen molar-refractivity contribution in [3.05, 3.63) is 24.3 Å². The van der Waals surface area contributed by atoms with Gasteiger partial charge >= 0.3 is 0 Å². The lowest BCUT2D eigenvalue weighted by atomic mass is 9.66. The zero-order valence-corrected chi connectivity index (χ0v) is 7.22. The van der Waals surface area contributed by atoms with Crippen molar-refractivity contribution in [2.45, 2.75) is 32.6 Å². The standard InChI is InChI=1S/C11H16/c1-11-8-4-2-6-10(11)7-3-5-9-11/h2,5-6,9-10H,3-4,7-8H2,1H3. The van der Waals surface area contributed by atoms with Gasteiger partial charge in [-0.2, -0.15) is 0 Å². The molecule has 60 valence electrons. The van der Waals surface area contributed by atoms with Crippen LogP contribution in [0.5, 0.6) is 0 Å². The quantitative estimate of drug-likeness (QED) is 0.462. The molecule has 11 heavy (non-hydrogen) atoms. The first-order valence-corrected chi connectivity index (χ1v) is 4.66. The van der Waals surface area contributed by atoms with Gasteiger partial charge in [-0.05, 0) is 37.0 Å². The molecule has 0 bridgehead atoms. The van der Waals surface area contributed by atoms with E-state index in [1.54, 1.807) is 0 Å². The SMILES string of the molecule is CC12C=CCCC1C=CCC2. The Morgan fingerprint density at radius 3 is 3.00 bits per heavy atom. The van der Waals surface area contributed by atoms with Crippen LogP contribution in [-0.2, 0) is 0 Å². The second-order valence-electron chi connectivity index (χ2n) is 4.06. The summed E-state index contributed by atoms with van der Waals surface area (Å²) in [5, 5.41) is 0. The summed E-state index contributed by atoms with van der Waals surface area (Å²) in [5.74, 6) is 0.834. The molecule has 0 saturated heterocycles. The summed E-state index contributed by atoms with van der Waals surface area (Å²) in [6.07, 6.45) is 14.8. The van der Waals surface area contributed by atoms with Crippen molar-refractivity contribution in [3.8, 4) is 0 Å².